The van der Waals surface area contributed by atoms with E-state index in [0.29, 0.717) is 17.9 Å². The van der Waals surface area contributed by atoms with Crippen LogP contribution in [0.3, 0.4) is 0 Å². The number of aryl methyl sites for hydroxylation is 1. The highest BCUT2D eigenvalue weighted by Gasteiger charge is 2.20. The number of nitrogens with zero attached hydrogens (tertiary/aromatic N) is 1. The Balaban J connectivity index is 1.47. The smallest absolute Gasteiger partial charge is 0.339 e. The van der Waals surface area contributed by atoms with Gasteiger partial charge in [0.05, 0.1) is 12.2 Å². The van der Waals surface area contributed by atoms with Gasteiger partial charge in [0.25, 0.3) is 5.91 Å². The largest absolute Gasteiger partial charge is 0.481 e. The summed E-state index contributed by atoms with van der Waals surface area (Å²) in [5, 5.41) is 3.75. The van der Waals surface area contributed by atoms with Crippen molar-refractivity contribution >= 4 is 16.9 Å². The van der Waals surface area contributed by atoms with Crippen LogP contribution in [0.15, 0.2) is 51.8 Å². The van der Waals surface area contributed by atoms with Crippen molar-refractivity contribution in [3.63, 3.8) is 0 Å². The number of benzene rings is 1. The number of pyridine rings is 1. The Labute approximate surface area is 156 Å². The molecule has 27 heavy (non-hydrogen) atoms. The van der Waals surface area contributed by atoms with E-state index in [2.05, 4.69) is 10.3 Å². The number of carbonyl (C=O) groups is 1. The molecule has 6 nitrogen and oxygen atoms in total. The molecule has 138 valence electrons. The molecule has 0 aliphatic heterocycles. The van der Waals surface area contributed by atoms with E-state index >= 15 is 0 Å². The minimum Gasteiger partial charge on any atom is -0.481 e. The van der Waals surface area contributed by atoms with Gasteiger partial charge in [-0.3, -0.25) is 9.78 Å². The van der Waals surface area contributed by atoms with Gasteiger partial charge in [-0.2, -0.15) is 0 Å². The number of ether oxygens (including phenoxy) is 1. The van der Waals surface area contributed by atoms with Gasteiger partial charge in [-0.25, -0.2) is 4.79 Å². The van der Waals surface area contributed by atoms with Crippen LogP contribution < -0.4 is 15.7 Å². The van der Waals surface area contributed by atoms with Gasteiger partial charge in [0.2, 0.25) is 0 Å². The molecule has 0 saturated heterocycles. The number of amides is 1. The zero-order chi connectivity index (χ0) is 18.8. The van der Waals surface area contributed by atoms with Crippen molar-refractivity contribution in [1.29, 1.82) is 0 Å². The predicted octanol–water partition coefficient (Wildman–Crippen LogP) is 2.76. The first-order chi connectivity index (χ1) is 13.1. The molecule has 1 atom stereocenters. The Morgan fingerprint density at radius 3 is 2.93 bits per heavy atom. The van der Waals surface area contributed by atoms with Gasteiger partial charge in [0.15, 0.2) is 6.10 Å². The summed E-state index contributed by atoms with van der Waals surface area (Å²) in [5.41, 5.74) is 2.87. The molecule has 2 heterocycles. The monoisotopic (exact) mass is 364 g/mol. The summed E-state index contributed by atoms with van der Waals surface area (Å²) < 4.78 is 11.2. The fraction of sp³-hybridized carbons (Fsp3) is 0.286. The Kier molecular flexibility index (Phi) is 4.62. The van der Waals surface area contributed by atoms with E-state index in [1.165, 1.54) is 0 Å². The SMILES string of the molecule is C[C@H](Oc1ccc2c3c(c(=O)oc2c1)CCC3)C(=O)NCc1ccccn1. The lowest BCUT2D eigenvalue weighted by Crippen LogP contribution is -2.36. The van der Waals surface area contributed by atoms with Crippen LogP contribution in [0.25, 0.3) is 11.0 Å². The van der Waals surface area contributed by atoms with Crippen molar-refractivity contribution < 1.29 is 13.9 Å². The van der Waals surface area contributed by atoms with Crippen LogP contribution in [-0.2, 0) is 24.2 Å². The topological polar surface area (TPSA) is 81.4 Å². The van der Waals surface area contributed by atoms with E-state index in [-0.39, 0.29) is 11.5 Å². The molecule has 1 aromatic carbocycles. The third kappa shape index (κ3) is 3.56. The maximum Gasteiger partial charge on any atom is 0.339 e. The first-order valence-corrected chi connectivity index (χ1v) is 9.05. The van der Waals surface area contributed by atoms with Gasteiger partial charge in [-0.15, -0.1) is 0 Å². The lowest BCUT2D eigenvalue weighted by Gasteiger charge is -2.15. The molecule has 0 fully saturated rings. The first-order valence-electron chi connectivity index (χ1n) is 9.05. The predicted molar refractivity (Wildman–Crippen MR) is 101 cm³/mol. The summed E-state index contributed by atoms with van der Waals surface area (Å²) in [7, 11) is 0. The molecule has 0 saturated carbocycles. The summed E-state index contributed by atoms with van der Waals surface area (Å²) in [5.74, 6) is 0.250. The van der Waals surface area contributed by atoms with Crippen LogP contribution >= 0.6 is 0 Å². The highest BCUT2D eigenvalue weighted by atomic mass is 16.5. The number of aromatic nitrogens is 1. The molecule has 0 bridgehead atoms. The average Bonchev–Trinajstić information content (AvgIpc) is 3.17. The van der Waals surface area contributed by atoms with E-state index in [0.717, 1.165) is 41.5 Å². The summed E-state index contributed by atoms with van der Waals surface area (Å²) in [6, 6.07) is 10.9. The number of hydrogen-bond donors (Lipinski definition) is 1. The van der Waals surface area contributed by atoms with E-state index < -0.39 is 6.10 Å². The maximum absolute atomic E-state index is 12.3. The van der Waals surface area contributed by atoms with Crippen molar-refractivity contribution in [2.24, 2.45) is 0 Å². The Morgan fingerprint density at radius 2 is 2.11 bits per heavy atom. The van der Waals surface area contributed by atoms with E-state index in [9.17, 15) is 9.59 Å². The normalized spacial score (nSPS) is 14.0. The van der Waals surface area contributed by atoms with Gasteiger partial charge in [-0.1, -0.05) is 6.07 Å². The van der Waals surface area contributed by atoms with Crippen LogP contribution in [0.4, 0.5) is 0 Å². The molecule has 0 unspecified atom stereocenters. The number of rotatable bonds is 5. The highest BCUT2D eigenvalue weighted by Crippen LogP contribution is 2.29. The van der Waals surface area contributed by atoms with E-state index in [1.807, 2.05) is 30.3 Å². The fourth-order valence-electron chi connectivity index (χ4n) is 3.42. The second-order valence-electron chi connectivity index (χ2n) is 6.66. The maximum atomic E-state index is 12.3. The molecule has 0 spiro atoms. The van der Waals surface area contributed by atoms with Crippen LogP contribution in [0.1, 0.15) is 30.2 Å². The van der Waals surface area contributed by atoms with Crippen LogP contribution in [-0.4, -0.2) is 17.0 Å². The lowest BCUT2D eigenvalue weighted by atomic mass is 10.1. The molecular formula is C21H20N2O4. The Bertz CT molecular complexity index is 1040. The van der Waals surface area contributed by atoms with Crippen molar-refractivity contribution in [2.75, 3.05) is 0 Å². The van der Waals surface area contributed by atoms with Crippen molar-refractivity contribution in [3.8, 4) is 5.75 Å². The number of hydrogen-bond acceptors (Lipinski definition) is 5. The summed E-state index contributed by atoms with van der Waals surface area (Å²) in [6.07, 6.45) is 3.64. The Morgan fingerprint density at radius 1 is 1.26 bits per heavy atom. The summed E-state index contributed by atoms with van der Waals surface area (Å²) in [4.78, 5) is 28.5. The van der Waals surface area contributed by atoms with Crippen LogP contribution in [0.5, 0.6) is 5.75 Å². The minimum atomic E-state index is -0.688. The molecule has 0 radical (unpaired) electrons. The summed E-state index contributed by atoms with van der Waals surface area (Å²) in [6.45, 7) is 2.02. The second-order valence-corrected chi connectivity index (χ2v) is 6.66. The zero-order valence-electron chi connectivity index (χ0n) is 15.0. The lowest BCUT2D eigenvalue weighted by molar-refractivity contribution is -0.127. The van der Waals surface area contributed by atoms with Crippen molar-refractivity contribution in [2.45, 2.75) is 38.8 Å². The van der Waals surface area contributed by atoms with E-state index in [1.54, 1.807) is 19.2 Å². The van der Waals surface area contributed by atoms with Crippen LogP contribution in [0, 0.1) is 0 Å². The molecule has 1 N–H and O–H groups in total. The van der Waals surface area contributed by atoms with Crippen LogP contribution in [0.2, 0.25) is 0 Å². The number of nitrogens with one attached hydrogen (secondary N) is 1. The fourth-order valence-corrected chi connectivity index (χ4v) is 3.42. The first kappa shape index (κ1) is 17.3. The molecule has 1 aliphatic rings. The number of fused-ring (bicyclic) bond motifs is 3. The number of carbonyl (C=O) groups excluding carboxylic acids is 1. The molecule has 4 rings (SSSR count). The standard InChI is InChI=1S/C21H20N2O4/c1-13(20(24)23-12-14-5-2-3-10-22-14)26-15-8-9-17-16-6-4-7-18(16)21(25)27-19(17)11-15/h2-3,5,8-11,13H,4,6-7,12H2,1H3,(H,23,24)/t13-/m0/s1. The minimum absolute atomic E-state index is 0.240. The van der Waals surface area contributed by atoms with Gasteiger partial charge >= 0.3 is 5.63 Å². The molecule has 6 heteroatoms. The molecule has 1 aliphatic carbocycles. The van der Waals surface area contributed by atoms with Crippen molar-refractivity contribution in [1.82, 2.24) is 10.3 Å². The second kappa shape index (κ2) is 7.23. The van der Waals surface area contributed by atoms with Crippen molar-refractivity contribution in [3.05, 3.63) is 69.8 Å². The third-order valence-corrected chi connectivity index (χ3v) is 4.80. The average molecular weight is 364 g/mol. The molecular weight excluding hydrogens is 344 g/mol. The van der Waals surface area contributed by atoms with E-state index in [4.69, 9.17) is 9.15 Å². The third-order valence-electron chi connectivity index (χ3n) is 4.80. The summed E-state index contributed by atoms with van der Waals surface area (Å²) >= 11 is 0. The van der Waals surface area contributed by atoms with Gasteiger partial charge < -0.3 is 14.5 Å². The quantitative estimate of drug-likeness (QED) is 0.704. The van der Waals surface area contributed by atoms with Gasteiger partial charge in [0, 0.05) is 23.2 Å². The van der Waals surface area contributed by atoms with Gasteiger partial charge in [-0.05, 0) is 56.0 Å². The zero-order valence-corrected chi connectivity index (χ0v) is 15.0. The van der Waals surface area contributed by atoms with Gasteiger partial charge in [0.1, 0.15) is 11.3 Å². The Hall–Kier alpha value is -3.15. The highest BCUT2D eigenvalue weighted by molar-refractivity contribution is 5.84. The molecule has 2 aromatic heterocycles. The molecule has 3 aromatic rings. The molecule has 1 amide bonds.